The molecule has 0 aromatic carbocycles. The summed E-state index contributed by atoms with van der Waals surface area (Å²) in [7, 11) is 1.84. The van der Waals surface area contributed by atoms with Crippen LogP contribution < -0.4 is 10.6 Å². The van der Waals surface area contributed by atoms with Gasteiger partial charge in [0.25, 0.3) is 0 Å². The van der Waals surface area contributed by atoms with Crippen molar-refractivity contribution in [3.63, 3.8) is 0 Å². The molecule has 18 heavy (non-hydrogen) atoms. The summed E-state index contributed by atoms with van der Waals surface area (Å²) in [6.45, 7) is 6.75. The molecule has 1 aliphatic rings. The van der Waals surface area contributed by atoms with E-state index in [-0.39, 0.29) is 11.8 Å². The number of nitrogens with one attached hydrogen (secondary N) is 2. The van der Waals surface area contributed by atoms with Gasteiger partial charge in [0.2, 0.25) is 11.8 Å². The molecule has 1 heterocycles. The van der Waals surface area contributed by atoms with E-state index in [1.54, 1.807) is 0 Å². The van der Waals surface area contributed by atoms with Crippen LogP contribution in [0.1, 0.15) is 13.3 Å². The predicted molar refractivity (Wildman–Crippen MR) is 70.2 cm³/mol. The van der Waals surface area contributed by atoms with Crippen molar-refractivity contribution in [3.8, 4) is 0 Å². The summed E-state index contributed by atoms with van der Waals surface area (Å²) in [6.07, 6.45) is 0.548. The number of likely N-dealkylation sites (N-methyl/N-ethyl adjacent to an activating group) is 1. The van der Waals surface area contributed by atoms with Crippen LogP contribution in [0.4, 0.5) is 0 Å². The molecule has 104 valence electrons. The minimum Gasteiger partial charge on any atom is -0.355 e. The van der Waals surface area contributed by atoms with Gasteiger partial charge >= 0.3 is 0 Å². The van der Waals surface area contributed by atoms with Gasteiger partial charge in [-0.05, 0) is 14.0 Å². The number of piperazine rings is 1. The monoisotopic (exact) mass is 256 g/mol. The number of hydrogen-bond acceptors (Lipinski definition) is 4. The standard InChI is InChI=1S/C12H24N4O2/c1-3-14-11(17)10-15-6-8-16(9-7-15)12(18)4-5-13-2/h13H,3-10H2,1-2H3,(H,14,17). The summed E-state index contributed by atoms with van der Waals surface area (Å²) >= 11 is 0. The molecule has 0 aliphatic carbocycles. The maximum Gasteiger partial charge on any atom is 0.234 e. The number of hydrogen-bond donors (Lipinski definition) is 2. The molecule has 0 unspecified atom stereocenters. The molecule has 0 radical (unpaired) electrons. The van der Waals surface area contributed by atoms with Gasteiger partial charge in [0.15, 0.2) is 0 Å². The highest BCUT2D eigenvalue weighted by atomic mass is 16.2. The number of carbonyl (C=O) groups is 2. The summed E-state index contributed by atoms with van der Waals surface area (Å²) in [6, 6.07) is 0. The Morgan fingerprint density at radius 3 is 2.39 bits per heavy atom. The lowest BCUT2D eigenvalue weighted by Crippen LogP contribution is -2.51. The molecule has 0 spiro atoms. The fraction of sp³-hybridized carbons (Fsp3) is 0.833. The third kappa shape index (κ3) is 5.01. The molecule has 0 aromatic heterocycles. The molecule has 1 saturated heterocycles. The quantitative estimate of drug-likeness (QED) is 0.631. The first-order valence-corrected chi connectivity index (χ1v) is 6.58. The van der Waals surface area contributed by atoms with Crippen molar-refractivity contribution in [1.82, 2.24) is 20.4 Å². The highest BCUT2D eigenvalue weighted by Crippen LogP contribution is 2.03. The summed E-state index contributed by atoms with van der Waals surface area (Å²) in [5.41, 5.74) is 0. The first-order valence-electron chi connectivity index (χ1n) is 6.58. The number of rotatable bonds is 6. The number of carbonyl (C=O) groups excluding carboxylic acids is 2. The Morgan fingerprint density at radius 2 is 1.83 bits per heavy atom. The minimum absolute atomic E-state index is 0.0625. The minimum atomic E-state index is 0.0625. The van der Waals surface area contributed by atoms with Gasteiger partial charge in [-0.2, -0.15) is 0 Å². The summed E-state index contributed by atoms with van der Waals surface area (Å²) < 4.78 is 0. The maximum absolute atomic E-state index is 11.8. The van der Waals surface area contributed by atoms with E-state index >= 15 is 0 Å². The van der Waals surface area contributed by atoms with Crippen LogP contribution in [-0.4, -0.2) is 74.5 Å². The average molecular weight is 256 g/mol. The van der Waals surface area contributed by atoms with Gasteiger partial charge in [0, 0.05) is 45.7 Å². The molecule has 6 heteroatoms. The fourth-order valence-corrected chi connectivity index (χ4v) is 2.00. The first-order chi connectivity index (χ1) is 8.67. The average Bonchev–Trinajstić information content (AvgIpc) is 2.37. The van der Waals surface area contributed by atoms with Crippen molar-refractivity contribution < 1.29 is 9.59 Å². The highest BCUT2D eigenvalue weighted by Gasteiger charge is 2.21. The molecular weight excluding hydrogens is 232 g/mol. The second-order valence-electron chi connectivity index (χ2n) is 4.46. The van der Waals surface area contributed by atoms with E-state index in [2.05, 4.69) is 15.5 Å². The Morgan fingerprint density at radius 1 is 1.17 bits per heavy atom. The Bertz CT molecular complexity index is 275. The zero-order valence-corrected chi connectivity index (χ0v) is 11.4. The van der Waals surface area contributed by atoms with E-state index in [1.165, 1.54) is 0 Å². The van der Waals surface area contributed by atoms with E-state index in [4.69, 9.17) is 0 Å². The van der Waals surface area contributed by atoms with Gasteiger partial charge < -0.3 is 15.5 Å². The third-order valence-corrected chi connectivity index (χ3v) is 3.06. The SMILES string of the molecule is CCNC(=O)CN1CCN(C(=O)CCNC)CC1. The van der Waals surface area contributed by atoms with Crippen LogP contribution in [0.5, 0.6) is 0 Å². The third-order valence-electron chi connectivity index (χ3n) is 3.06. The number of amides is 2. The normalized spacial score (nSPS) is 16.7. The second kappa shape index (κ2) is 8.05. The maximum atomic E-state index is 11.8. The fourth-order valence-electron chi connectivity index (χ4n) is 2.00. The molecule has 1 aliphatic heterocycles. The van der Waals surface area contributed by atoms with Gasteiger partial charge in [-0.3, -0.25) is 14.5 Å². The van der Waals surface area contributed by atoms with Gasteiger partial charge in [-0.25, -0.2) is 0 Å². The van der Waals surface area contributed by atoms with Crippen LogP contribution in [0.15, 0.2) is 0 Å². The van der Waals surface area contributed by atoms with Crippen molar-refractivity contribution in [1.29, 1.82) is 0 Å². The molecule has 0 aromatic rings. The molecule has 0 atom stereocenters. The zero-order valence-electron chi connectivity index (χ0n) is 11.4. The lowest BCUT2D eigenvalue weighted by Gasteiger charge is -2.34. The van der Waals surface area contributed by atoms with Crippen molar-refractivity contribution in [3.05, 3.63) is 0 Å². The Hall–Kier alpha value is -1.14. The smallest absolute Gasteiger partial charge is 0.234 e. The van der Waals surface area contributed by atoms with Crippen LogP contribution >= 0.6 is 0 Å². The molecule has 2 amide bonds. The molecule has 6 nitrogen and oxygen atoms in total. The van der Waals surface area contributed by atoms with Crippen LogP contribution in [0.25, 0.3) is 0 Å². The molecule has 0 saturated carbocycles. The second-order valence-corrected chi connectivity index (χ2v) is 4.46. The summed E-state index contributed by atoms with van der Waals surface area (Å²) in [5, 5.41) is 5.76. The van der Waals surface area contributed by atoms with Gasteiger partial charge in [0.05, 0.1) is 6.54 Å². The zero-order chi connectivity index (χ0) is 13.4. The van der Waals surface area contributed by atoms with E-state index in [1.807, 2.05) is 18.9 Å². The Labute approximate surface area is 109 Å². The number of nitrogens with zero attached hydrogens (tertiary/aromatic N) is 2. The molecule has 1 fully saturated rings. The van der Waals surface area contributed by atoms with E-state index in [0.29, 0.717) is 19.5 Å². The summed E-state index contributed by atoms with van der Waals surface area (Å²) in [4.78, 5) is 27.2. The first kappa shape index (κ1) is 14.9. The van der Waals surface area contributed by atoms with E-state index < -0.39 is 0 Å². The lowest BCUT2D eigenvalue weighted by molar-refractivity contribution is -0.133. The van der Waals surface area contributed by atoms with Crippen molar-refractivity contribution in [2.75, 3.05) is 52.9 Å². The van der Waals surface area contributed by atoms with Gasteiger partial charge in [-0.15, -0.1) is 0 Å². The van der Waals surface area contributed by atoms with Crippen LogP contribution in [-0.2, 0) is 9.59 Å². The largest absolute Gasteiger partial charge is 0.355 e. The van der Waals surface area contributed by atoms with E-state index in [9.17, 15) is 9.59 Å². The molecular formula is C12H24N4O2. The molecule has 1 rings (SSSR count). The molecule has 0 bridgehead atoms. The van der Waals surface area contributed by atoms with Crippen LogP contribution in [0.2, 0.25) is 0 Å². The van der Waals surface area contributed by atoms with Crippen molar-refractivity contribution in [2.24, 2.45) is 0 Å². The van der Waals surface area contributed by atoms with Crippen LogP contribution in [0, 0.1) is 0 Å². The predicted octanol–water partition coefficient (Wildman–Crippen LogP) is -1.12. The highest BCUT2D eigenvalue weighted by molar-refractivity contribution is 5.78. The lowest BCUT2D eigenvalue weighted by atomic mass is 10.2. The molecule has 2 N–H and O–H groups in total. The van der Waals surface area contributed by atoms with Crippen molar-refractivity contribution in [2.45, 2.75) is 13.3 Å². The van der Waals surface area contributed by atoms with E-state index in [0.717, 1.165) is 32.7 Å². The summed E-state index contributed by atoms with van der Waals surface area (Å²) in [5.74, 6) is 0.259. The Kier molecular flexibility index (Phi) is 6.67. The van der Waals surface area contributed by atoms with Gasteiger partial charge in [0.1, 0.15) is 0 Å². The topological polar surface area (TPSA) is 64.7 Å². The van der Waals surface area contributed by atoms with Gasteiger partial charge in [-0.1, -0.05) is 0 Å². The van der Waals surface area contributed by atoms with Crippen molar-refractivity contribution >= 4 is 11.8 Å². The Balaban J connectivity index is 2.23. The van der Waals surface area contributed by atoms with Crippen LogP contribution in [0.3, 0.4) is 0 Å².